The minimum Gasteiger partial charge on any atom is -0.497 e. The lowest BCUT2D eigenvalue weighted by Gasteiger charge is -2.33. The number of hydrogen-bond acceptors (Lipinski definition) is 4. The predicted molar refractivity (Wildman–Crippen MR) is 103 cm³/mol. The van der Waals surface area contributed by atoms with Crippen LogP contribution in [0.4, 0.5) is 0 Å². The molecule has 1 atom stereocenters. The number of nitrogens with zero attached hydrogens (tertiary/aromatic N) is 2. The Labute approximate surface area is 158 Å². The van der Waals surface area contributed by atoms with Crippen molar-refractivity contribution in [1.82, 2.24) is 15.2 Å². The molecule has 2 aliphatic rings. The number of methoxy groups -OCH3 is 1. The van der Waals surface area contributed by atoms with Crippen molar-refractivity contribution in [2.24, 2.45) is 5.41 Å². The van der Waals surface area contributed by atoms with Gasteiger partial charge in [-0.2, -0.15) is 0 Å². The Morgan fingerprint density at radius 2 is 1.93 bits per heavy atom. The number of aromatic nitrogens is 1. The minimum absolute atomic E-state index is 0.00247. The SMILES string of the molecule is COc1ccc2cc(C(=O)N[C@@H](C)C(=O)N3CCC4(CC3)CC4)cnc2c1. The largest absolute Gasteiger partial charge is 0.497 e. The average molecular weight is 367 g/mol. The first-order chi connectivity index (χ1) is 13.0. The van der Waals surface area contributed by atoms with Crippen molar-refractivity contribution in [2.45, 2.75) is 38.6 Å². The molecule has 6 heteroatoms. The maximum absolute atomic E-state index is 12.7. The molecule has 2 heterocycles. The summed E-state index contributed by atoms with van der Waals surface area (Å²) in [4.78, 5) is 31.5. The van der Waals surface area contributed by atoms with Crippen LogP contribution in [0, 0.1) is 5.41 Å². The topological polar surface area (TPSA) is 71.5 Å². The van der Waals surface area contributed by atoms with Crippen LogP contribution in [0.25, 0.3) is 10.9 Å². The summed E-state index contributed by atoms with van der Waals surface area (Å²) >= 11 is 0. The van der Waals surface area contributed by atoms with E-state index >= 15 is 0 Å². The molecule has 4 rings (SSSR count). The van der Waals surface area contributed by atoms with E-state index in [1.807, 2.05) is 23.1 Å². The lowest BCUT2D eigenvalue weighted by Crippen LogP contribution is -2.49. The molecule has 2 amide bonds. The van der Waals surface area contributed by atoms with Crippen LogP contribution < -0.4 is 10.1 Å². The van der Waals surface area contributed by atoms with Gasteiger partial charge >= 0.3 is 0 Å². The fourth-order valence-electron chi connectivity index (χ4n) is 3.85. The number of piperidine rings is 1. The van der Waals surface area contributed by atoms with E-state index in [0.717, 1.165) is 42.6 Å². The number of likely N-dealkylation sites (tertiary alicyclic amines) is 1. The second kappa shape index (κ2) is 6.83. The number of fused-ring (bicyclic) bond motifs is 1. The van der Waals surface area contributed by atoms with Crippen LogP contribution in [-0.2, 0) is 4.79 Å². The van der Waals surface area contributed by atoms with E-state index in [1.54, 1.807) is 20.1 Å². The summed E-state index contributed by atoms with van der Waals surface area (Å²) in [5, 5.41) is 3.68. The maximum atomic E-state index is 12.7. The van der Waals surface area contributed by atoms with Gasteiger partial charge in [0, 0.05) is 30.7 Å². The molecular formula is C21H25N3O3. The van der Waals surface area contributed by atoms with E-state index in [4.69, 9.17) is 4.74 Å². The van der Waals surface area contributed by atoms with Gasteiger partial charge < -0.3 is 15.0 Å². The summed E-state index contributed by atoms with van der Waals surface area (Å²) in [7, 11) is 1.61. The zero-order valence-corrected chi connectivity index (χ0v) is 15.8. The van der Waals surface area contributed by atoms with Gasteiger partial charge in [0.2, 0.25) is 5.91 Å². The number of rotatable bonds is 4. The first kappa shape index (κ1) is 17.8. The number of hydrogen-bond donors (Lipinski definition) is 1. The minimum atomic E-state index is -0.544. The molecule has 27 heavy (non-hydrogen) atoms. The molecule has 0 radical (unpaired) electrons. The van der Waals surface area contributed by atoms with Crippen molar-refractivity contribution < 1.29 is 14.3 Å². The van der Waals surface area contributed by atoms with E-state index in [2.05, 4.69) is 10.3 Å². The van der Waals surface area contributed by atoms with Crippen molar-refractivity contribution in [3.8, 4) is 5.75 Å². The Balaban J connectivity index is 1.40. The van der Waals surface area contributed by atoms with E-state index in [0.29, 0.717) is 11.0 Å². The molecule has 0 unspecified atom stereocenters. The quantitative estimate of drug-likeness (QED) is 0.902. The maximum Gasteiger partial charge on any atom is 0.253 e. The zero-order chi connectivity index (χ0) is 19.0. The van der Waals surface area contributed by atoms with Crippen LogP contribution in [0.15, 0.2) is 30.5 Å². The van der Waals surface area contributed by atoms with Gasteiger partial charge in [-0.1, -0.05) is 0 Å². The number of benzene rings is 1. The number of amides is 2. The molecule has 0 bridgehead atoms. The Kier molecular flexibility index (Phi) is 4.50. The monoisotopic (exact) mass is 367 g/mol. The highest BCUT2D eigenvalue weighted by Gasteiger charge is 2.45. The molecule has 2 fully saturated rings. The first-order valence-corrected chi connectivity index (χ1v) is 9.53. The molecule has 1 spiro atoms. The lowest BCUT2D eigenvalue weighted by atomic mass is 9.93. The van der Waals surface area contributed by atoms with Crippen LogP contribution in [0.2, 0.25) is 0 Å². The molecule has 1 aromatic carbocycles. The zero-order valence-electron chi connectivity index (χ0n) is 15.8. The van der Waals surface area contributed by atoms with Gasteiger partial charge in [-0.25, -0.2) is 0 Å². The van der Waals surface area contributed by atoms with Gasteiger partial charge in [-0.3, -0.25) is 14.6 Å². The Morgan fingerprint density at radius 3 is 2.59 bits per heavy atom. The van der Waals surface area contributed by atoms with Gasteiger partial charge in [0.05, 0.1) is 18.2 Å². The van der Waals surface area contributed by atoms with Gasteiger partial charge in [0.15, 0.2) is 0 Å². The third-order valence-corrected chi connectivity index (χ3v) is 5.96. The molecule has 142 valence electrons. The summed E-state index contributed by atoms with van der Waals surface area (Å²) in [6.07, 6.45) is 6.34. The van der Waals surface area contributed by atoms with Crippen LogP contribution in [0.5, 0.6) is 5.75 Å². The number of pyridine rings is 1. The smallest absolute Gasteiger partial charge is 0.253 e. The molecule has 1 saturated carbocycles. The normalized spacial score (nSPS) is 19.0. The Bertz CT molecular complexity index is 881. The molecule has 1 aliphatic carbocycles. The summed E-state index contributed by atoms with van der Waals surface area (Å²) in [5.41, 5.74) is 1.74. The van der Waals surface area contributed by atoms with Crippen molar-refractivity contribution in [1.29, 1.82) is 0 Å². The van der Waals surface area contributed by atoms with E-state index < -0.39 is 6.04 Å². The van der Waals surface area contributed by atoms with E-state index in [1.165, 1.54) is 19.0 Å². The van der Waals surface area contributed by atoms with Gasteiger partial charge in [-0.15, -0.1) is 0 Å². The fraction of sp³-hybridized carbons (Fsp3) is 0.476. The Morgan fingerprint density at radius 1 is 1.19 bits per heavy atom. The van der Waals surface area contributed by atoms with E-state index in [9.17, 15) is 9.59 Å². The van der Waals surface area contributed by atoms with E-state index in [-0.39, 0.29) is 11.8 Å². The molecule has 1 N–H and O–H groups in total. The second-order valence-electron chi connectivity index (χ2n) is 7.80. The van der Waals surface area contributed by atoms with Crippen molar-refractivity contribution in [3.63, 3.8) is 0 Å². The highest BCUT2D eigenvalue weighted by Crippen LogP contribution is 2.53. The number of carbonyl (C=O) groups excluding carboxylic acids is 2. The highest BCUT2D eigenvalue weighted by atomic mass is 16.5. The first-order valence-electron chi connectivity index (χ1n) is 9.53. The van der Waals surface area contributed by atoms with Gasteiger partial charge in [0.25, 0.3) is 5.91 Å². The fourth-order valence-corrected chi connectivity index (χ4v) is 3.85. The van der Waals surface area contributed by atoms with Gasteiger partial charge in [0.1, 0.15) is 11.8 Å². The molecule has 2 aromatic rings. The molecule has 1 aromatic heterocycles. The van der Waals surface area contributed by atoms with Crippen LogP contribution in [-0.4, -0.2) is 47.9 Å². The average Bonchev–Trinajstić information content (AvgIpc) is 3.45. The Hall–Kier alpha value is -2.63. The summed E-state index contributed by atoms with van der Waals surface area (Å²) in [6, 6.07) is 6.77. The van der Waals surface area contributed by atoms with Crippen LogP contribution in [0.3, 0.4) is 0 Å². The number of nitrogens with one attached hydrogen (secondary N) is 1. The summed E-state index contributed by atoms with van der Waals surface area (Å²) in [6.45, 7) is 3.36. The van der Waals surface area contributed by atoms with Crippen LogP contribution >= 0.6 is 0 Å². The van der Waals surface area contributed by atoms with Gasteiger partial charge in [-0.05, 0) is 56.2 Å². The van der Waals surface area contributed by atoms with Crippen molar-refractivity contribution in [2.75, 3.05) is 20.2 Å². The standard InChI is InChI=1S/C21H25N3O3/c1-14(20(26)24-9-7-21(5-6-21)8-10-24)23-19(25)16-11-15-3-4-17(27-2)12-18(15)22-13-16/h3-4,11-14H,5-10H2,1-2H3,(H,23,25)/t14-/m0/s1. The lowest BCUT2D eigenvalue weighted by molar-refractivity contribution is -0.134. The highest BCUT2D eigenvalue weighted by molar-refractivity contribution is 5.99. The summed E-state index contributed by atoms with van der Waals surface area (Å²) < 4.78 is 5.19. The molecule has 1 aliphatic heterocycles. The molecule has 6 nitrogen and oxygen atoms in total. The molecule has 1 saturated heterocycles. The predicted octanol–water partition coefficient (Wildman–Crippen LogP) is 2.76. The van der Waals surface area contributed by atoms with Crippen LogP contribution in [0.1, 0.15) is 43.0 Å². The van der Waals surface area contributed by atoms with Crippen molar-refractivity contribution in [3.05, 3.63) is 36.0 Å². The third-order valence-electron chi connectivity index (χ3n) is 5.96. The second-order valence-corrected chi connectivity index (χ2v) is 7.80. The summed E-state index contributed by atoms with van der Waals surface area (Å²) in [5.74, 6) is 0.440. The molecular weight excluding hydrogens is 342 g/mol. The number of ether oxygens (including phenoxy) is 1. The number of carbonyl (C=O) groups is 2. The van der Waals surface area contributed by atoms with Crippen molar-refractivity contribution >= 4 is 22.7 Å². The third kappa shape index (κ3) is 3.61.